The average Bonchev–Trinajstić information content (AvgIpc) is 1.90. The van der Waals surface area contributed by atoms with Gasteiger partial charge in [0.1, 0.15) is 6.10 Å². The minimum atomic E-state index is -0.289. The maximum absolute atomic E-state index is 10.7. The summed E-state index contributed by atoms with van der Waals surface area (Å²) in [5.41, 5.74) is 0. The normalized spacial score (nSPS) is 12.7. The van der Waals surface area contributed by atoms with Crippen molar-refractivity contribution in [2.45, 2.75) is 19.4 Å². The summed E-state index contributed by atoms with van der Waals surface area (Å²) in [6.07, 6.45) is 1.71. The van der Waals surface area contributed by atoms with E-state index in [1.54, 1.807) is 0 Å². The second-order valence-electron chi connectivity index (χ2n) is 1.74. The minimum absolute atomic E-state index is 0.0417. The zero-order valence-electron chi connectivity index (χ0n) is 5.89. The van der Waals surface area contributed by atoms with E-state index in [4.69, 9.17) is 4.74 Å². The van der Waals surface area contributed by atoms with Crippen LogP contribution in [-0.2, 0) is 9.53 Å². The van der Waals surface area contributed by atoms with Crippen LogP contribution in [0.15, 0.2) is 12.7 Å². The Balaban J connectivity index is 3.78. The van der Waals surface area contributed by atoms with Gasteiger partial charge >= 0.3 is 0 Å². The summed E-state index contributed by atoms with van der Waals surface area (Å²) in [7, 11) is 1.52. The van der Waals surface area contributed by atoms with E-state index in [-0.39, 0.29) is 11.9 Å². The summed E-state index contributed by atoms with van der Waals surface area (Å²) >= 11 is 0. The number of ketones is 1. The summed E-state index contributed by atoms with van der Waals surface area (Å²) in [6, 6.07) is 0. The highest BCUT2D eigenvalue weighted by Crippen LogP contribution is 1.97. The van der Waals surface area contributed by atoms with Crippen molar-refractivity contribution in [3.63, 3.8) is 0 Å². The Kier molecular flexibility index (Phi) is 3.97. The van der Waals surface area contributed by atoms with Crippen molar-refractivity contribution in [1.29, 1.82) is 0 Å². The average molecular weight is 128 g/mol. The third-order valence-electron chi connectivity index (χ3n) is 1.17. The Bertz CT molecular complexity index is 103. The fourth-order valence-electron chi connectivity index (χ4n) is 0.615. The molecule has 1 atom stereocenters. The molecule has 0 aromatic heterocycles. The van der Waals surface area contributed by atoms with Crippen LogP contribution in [0.25, 0.3) is 0 Å². The van der Waals surface area contributed by atoms with E-state index in [9.17, 15) is 4.79 Å². The third-order valence-corrected chi connectivity index (χ3v) is 1.17. The number of ether oxygens (including phenoxy) is 1. The Hall–Kier alpha value is -0.630. The molecular formula is C7H12O2. The molecule has 0 radical (unpaired) electrons. The summed E-state index contributed by atoms with van der Waals surface area (Å²) < 4.78 is 4.83. The maximum Gasteiger partial charge on any atom is 0.183 e. The lowest BCUT2D eigenvalue weighted by Crippen LogP contribution is -2.19. The molecular weight excluding hydrogens is 116 g/mol. The van der Waals surface area contributed by atoms with Gasteiger partial charge in [-0.2, -0.15) is 0 Å². The van der Waals surface area contributed by atoms with Crippen LogP contribution >= 0.6 is 0 Å². The zero-order chi connectivity index (χ0) is 7.28. The summed E-state index contributed by atoms with van der Waals surface area (Å²) in [5, 5.41) is 0. The number of rotatable bonds is 4. The van der Waals surface area contributed by atoms with E-state index >= 15 is 0 Å². The molecule has 52 valence electrons. The van der Waals surface area contributed by atoms with Gasteiger partial charge in [0.2, 0.25) is 0 Å². The molecule has 0 N–H and O–H groups in total. The predicted molar refractivity (Wildman–Crippen MR) is 36.3 cm³/mol. The van der Waals surface area contributed by atoms with Gasteiger partial charge < -0.3 is 4.74 Å². The van der Waals surface area contributed by atoms with Crippen LogP contribution < -0.4 is 0 Å². The number of hydrogen-bond donors (Lipinski definition) is 0. The molecule has 2 heteroatoms. The first-order valence-electron chi connectivity index (χ1n) is 2.95. The van der Waals surface area contributed by atoms with Gasteiger partial charge in [-0.15, -0.1) is 0 Å². The lowest BCUT2D eigenvalue weighted by atomic mass is 10.2. The van der Waals surface area contributed by atoms with Crippen LogP contribution in [0.4, 0.5) is 0 Å². The first-order valence-corrected chi connectivity index (χ1v) is 2.95. The highest BCUT2D eigenvalue weighted by atomic mass is 16.5. The third kappa shape index (κ3) is 2.42. The number of hydrogen-bond acceptors (Lipinski definition) is 2. The molecule has 0 aromatic carbocycles. The highest BCUT2D eigenvalue weighted by molar-refractivity contribution is 5.92. The van der Waals surface area contributed by atoms with Gasteiger partial charge in [-0.3, -0.25) is 4.79 Å². The van der Waals surface area contributed by atoms with Crippen LogP contribution in [0.3, 0.4) is 0 Å². The Morgan fingerprint density at radius 3 is 2.56 bits per heavy atom. The molecule has 0 bridgehead atoms. The standard InChI is InChI=1S/C7H12O2/c1-4-6(8)7(5-2)9-3/h4,7H,1,5H2,2-3H3. The highest BCUT2D eigenvalue weighted by Gasteiger charge is 2.09. The molecule has 0 aliphatic carbocycles. The smallest absolute Gasteiger partial charge is 0.183 e. The minimum Gasteiger partial charge on any atom is -0.373 e. The van der Waals surface area contributed by atoms with E-state index < -0.39 is 0 Å². The molecule has 0 aromatic rings. The SMILES string of the molecule is C=CC(=O)C(CC)OC. The first-order chi connectivity index (χ1) is 4.26. The molecule has 0 saturated carbocycles. The van der Waals surface area contributed by atoms with Gasteiger partial charge in [-0.05, 0) is 12.5 Å². The molecule has 0 aliphatic rings. The second-order valence-corrected chi connectivity index (χ2v) is 1.74. The lowest BCUT2D eigenvalue weighted by molar-refractivity contribution is -0.124. The maximum atomic E-state index is 10.7. The van der Waals surface area contributed by atoms with Crippen molar-refractivity contribution in [3.8, 4) is 0 Å². The van der Waals surface area contributed by atoms with Crippen molar-refractivity contribution < 1.29 is 9.53 Å². The fraction of sp³-hybridized carbons (Fsp3) is 0.571. The van der Waals surface area contributed by atoms with Gasteiger partial charge in [0.15, 0.2) is 5.78 Å². The number of carbonyl (C=O) groups is 1. The summed E-state index contributed by atoms with van der Waals surface area (Å²) in [4.78, 5) is 10.7. The summed E-state index contributed by atoms with van der Waals surface area (Å²) in [5.74, 6) is -0.0417. The largest absolute Gasteiger partial charge is 0.373 e. The summed E-state index contributed by atoms with van der Waals surface area (Å²) in [6.45, 7) is 5.25. The van der Waals surface area contributed by atoms with E-state index in [0.717, 1.165) is 0 Å². The molecule has 0 rings (SSSR count). The van der Waals surface area contributed by atoms with Crippen LogP contribution in [0.5, 0.6) is 0 Å². The van der Waals surface area contributed by atoms with Gasteiger partial charge in [-0.1, -0.05) is 13.5 Å². The van der Waals surface area contributed by atoms with Crippen LogP contribution in [0.2, 0.25) is 0 Å². The van der Waals surface area contributed by atoms with Crippen LogP contribution in [0.1, 0.15) is 13.3 Å². The lowest BCUT2D eigenvalue weighted by Gasteiger charge is -2.06. The predicted octanol–water partition coefficient (Wildman–Crippen LogP) is 1.17. The monoisotopic (exact) mass is 128 g/mol. The fourth-order valence-corrected chi connectivity index (χ4v) is 0.615. The molecule has 9 heavy (non-hydrogen) atoms. The van der Waals surface area contributed by atoms with Gasteiger partial charge in [-0.25, -0.2) is 0 Å². The van der Waals surface area contributed by atoms with Crippen molar-refractivity contribution >= 4 is 5.78 Å². The van der Waals surface area contributed by atoms with Gasteiger partial charge in [0.05, 0.1) is 0 Å². The molecule has 0 amide bonds. The molecule has 1 unspecified atom stereocenters. The topological polar surface area (TPSA) is 26.3 Å². The van der Waals surface area contributed by atoms with Gasteiger partial charge in [0.25, 0.3) is 0 Å². The van der Waals surface area contributed by atoms with Crippen molar-refractivity contribution in [2.24, 2.45) is 0 Å². The van der Waals surface area contributed by atoms with E-state index in [0.29, 0.717) is 6.42 Å². The van der Waals surface area contributed by atoms with Crippen LogP contribution in [0, 0.1) is 0 Å². The Morgan fingerprint density at radius 1 is 1.89 bits per heavy atom. The molecule has 0 fully saturated rings. The van der Waals surface area contributed by atoms with E-state index in [1.165, 1.54) is 13.2 Å². The number of methoxy groups -OCH3 is 1. The zero-order valence-corrected chi connectivity index (χ0v) is 5.89. The van der Waals surface area contributed by atoms with Crippen LogP contribution in [-0.4, -0.2) is 19.0 Å². The first kappa shape index (κ1) is 8.37. The van der Waals surface area contributed by atoms with E-state index in [2.05, 4.69) is 6.58 Å². The number of carbonyl (C=O) groups excluding carboxylic acids is 1. The van der Waals surface area contributed by atoms with Crippen molar-refractivity contribution in [3.05, 3.63) is 12.7 Å². The van der Waals surface area contributed by atoms with Crippen molar-refractivity contribution in [2.75, 3.05) is 7.11 Å². The second kappa shape index (κ2) is 4.27. The molecule has 0 saturated heterocycles. The molecule has 0 aliphatic heterocycles. The Labute approximate surface area is 55.5 Å². The molecule has 2 nitrogen and oxygen atoms in total. The molecule has 0 heterocycles. The molecule has 0 spiro atoms. The van der Waals surface area contributed by atoms with Gasteiger partial charge in [0, 0.05) is 7.11 Å². The Morgan fingerprint density at radius 2 is 2.44 bits per heavy atom. The quantitative estimate of drug-likeness (QED) is 0.531. The van der Waals surface area contributed by atoms with Crippen molar-refractivity contribution in [1.82, 2.24) is 0 Å². The van der Waals surface area contributed by atoms with E-state index in [1.807, 2.05) is 6.92 Å².